The SMILES string of the molecule is CC(C)COc1cc2cc(c1)C(=O)N(C)CC(=O)N[C@H]1CCN(C(=O)c3cc(C(C)C)on3)C[C@@H]1OCc1cccc(c1)O2. The zero-order chi connectivity index (χ0) is 31.4. The second kappa shape index (κ2) is 13.5. The molecule has 1 fully saturated rings. The highest BCUT2D eigenvalue weighted by atomic mass is 16.5. The molecule has 3 heterocycles. The molecule has 5 rings (SSSR count). The maximum absolute atomic E-state index is 13.4. The van der Waals surface area contributed by atoms with Gasteiger partial charge in [0.2, 0.25) is 5.91 Å². The van der Waals surface area contributed by atoms with Crippen LogP contribution in [0.4, 0.5) is 0 Å². The van der Waals surface area contributed by atoms with E-state index in [1.165, 1.54) is 4.90 Å². The molecule has 44 heavy (non-hydrogen) atoms. The molecule has 11 nitrogen and oxygen atoms in total. The van der Waals surface area contributed by atoms with Crippen LogP contribution < -0.4 is 14.8 Å². The molecule has 2 atom stereocenters. The Labute approximate surface area is 257 Å². The smallest absolute Gasteiger partial charge is 0.276 e. The molecule has 4 bridgehead atoms. The average Bonchev–Trinajstić information content (AvgIpc) is 3.49. The van der Waals surface area contributed by atoms with Gasteiger partial charge in [-0.3, -0.25) is 14.4 Å². The van der Waals surface area contributed by atoms with Crippen molar-refractivity contribution in [2.45, 2.75) is 58.8 Å². The summed E-state index contributed by atoms with van der Waals surface area (Å²) in [7, 11) is 1.58. The summed E-state index contributed by atoms with van der Waals surface area (Å²) in [5.74, 6) is 1.64. The van der Waals surface area contributed by atoms with Gasteiger partial charge in [0.15, 0.2) is 5.69 Å². The number of nitrogens with zero attached hydrogens (tertiary/aromatic N) is 3. The highest BCUT2D eigenvalue weighted by Crippen LogP contribution is 2.30. The third-order valence-electron chi connectivity index (χ3n) is 7.55. The number of aromatic nitrogens is 1. The highest BCUT2D eigenvalue weighted by Gasteiger charge is 2.35. The summed E-state index contributed by atoms with van der Waals surface area (Å²) in [6, 6.07) is 13.8. The third-order valence-corrected chi connectivity index (χ3v) is 7.55. The minimum atomic E-state index is -0.500. The number of fused-ring (bicyclic) bond motifs is 5. The minimum Gasteiger partial charge on any atom is -0.493 e. The maximum atomic E-state index is 13.4. The van der Waals surface area contributed by atoms with E-state index in [1.807, 2.05) is 52.0 Å². The maximum Gasteiger partial charge on any atom is 0.276 e. The summed E-state index contributed by atoms with van der Waals surface area (Å²) >= 11 is 0. The van der Waals surface area contributed by atoms with Gasteiger partial charge >= 0.3 is 0 Å². The molecule has 0 unspecified atom stereocenters. The standard InChI is InChI=1S/C33H40N4O7/c1-20(2)18-41-25-12-23-13-26(14-25)43-24-8-6-7-22(11-24)19-42-30-16-37(33(40)28-15-29(21(3)4)44-35-28)10-9-27(30)34-31(38)17-36(5)32(23)39/h6-8,11-15,20-21,27,30H,9-10,16-19H2,1-5H3,(H,34,38)/t27-,30-/m0/s1. The van der Waals surface area contributed by atoms with Crippen molar-refractivity contribution in [2.24, 2.45) is 5.92 Å². The van der Waals surface area contributed by atoms with Gasteiger partial charge in [0.05, 0.1) is 31.9 Å². The Hall–Kier alpha value is -4.38. The Morgan fingerprint density at radius 1 is 1.09 bits per heavy atom. The predicted molar refractivity (Wildman–Crippen MR) is 162 cm³/mol. The summed E-state index contributed by atoms with van der Waals surface area (Å²) in [4.78, 5) is 43.0. The van der Waals surface area contributed by atoms with Crippen molar-refractivity contribution < 1.29 is 33.1 Å². The van der Waals surface area contributed by atoms with E-state index >= 15 is 0 Å². The molecule has 3 amide bonds. The Kier molecular flexibility index (Phi) is 9.53. The van der Waals surface area contributed by atoms with E-state index in [1.54, 1.807) is 36.2 Å². The Balaban J connectivity index is 1.40. The lowest BCUT2D eigenvalue weighted by atomic mass is 10.0. The van der Waals surface area contributed by atoms with Gasteiger partial charge in [0.1, 0.15) is 23.0 Å². The number of benzene rings is 2. The first-order valence-electron chi connectivity index (χ1n) is 15.0. The van der Waals surface area contributed by atoms with E-state index in [9.17, 15) is 14.4 Å². The summed E-state index contributed by atoms with van der Waals surface area (Å²) in [5, 5.41) is 7.03. The number of amides is 3. The lowest BCUT2D eigenvalue weighted by Gasteiger charge is -2.38. The molecule has 0 radical (unpaired) electrons. The molecule has 0 aliphatic carbocycles. The van der Waals surface area contributed by atoms with Crippen LogP contribution in [-0.2, 0) is 16.1 Å². The Morgan fingerprint density at radius 3 is 2.66 bits per heavy atom. The molecule has 0 spiro atoms. The van der Waals surface area contributed by atoms with Crippen molar-refractivity contribution in [3.05, 3.63) is 71.1 Å². The van der Waals surface area contributed by atoms with Crippen molar-refractivity contribution in [1.29, 1.82) is 0 Å². The van der Waals surface area contributed by atoms with Crippen molar-refractivity contribution in [2.75, 3.05) is 33.3 Å². The van der Waals surface area contributed by atoms with Gasteiger partial charge in [-0.1, -0.05) is 45.0 Å². The number of carbonyl (C=O) groups excluding carboxylic acids is 3. The van der Waals surface area contributed by atoms with Gasteiger partial charge in [0, 0.05) is 43.8 Å². The molecule has 2 aliphatic heterocycles. The zero-order valence-corrected chi connectivity index (χ0v) is 25.9. The van der Waals surface area contributed by atoms with Crippen LogP contribution in [0.25, 0.3) is 0 Å². The fourth-order valence-corrected chi connectivity index (χ4v) is 5.16. The number of hydrogen-bond acceptors (Lipinski definition) is 8. The van der Waals surface area contributed by atoms with E-state index in [2.05, 4.69) is 10.5 Å². The van der Waals surface area contributed by atoms with Crippen molar-refractivity contribution >= 4 is 17.7 Å². The van der Waals surface area contributed by atoms with Gasteiger partial charge in [-0.15, -0.1) is 0 Å². The number of carbonyl (C=O) groups is 3. The first kappa shape index (κ1) is 31.1. The molecule has 1 aromatic heterocycles. The van der Waals surface area contributed by atoms with Gasteiger partial charge in [-0.05, 0) is 42.2 Å². The average molecular weight is 605 g/mol. The lowest BCUT2D eigenvalue weighted by molar-refractivity contribution is -0.124. The molecule has 2 aromatic carbocycles. The number of likely N-dealkylation sites (N-methyl/N-ethyl adjacent to an activating group) is 1. The van der Waals surface area contributed by atoms with Crippen molar-refractivity contribution in [3.8, 4) is 17.2 Å². The van der Waals surface area contributed by atoms with Crippen LogP contribution in [0.1, 0.15) is 72.2 Å². The number of rotatable bonds is 5. The summed E-state index contributed by atoms with van der Waals surface area (Å²) in [5.41, 5.74) is 1.45. The number of hydrogen-bond donors (Lipinski definition) is 1. The fraction of sp³-hybridized carbons (Fsp3) is 0.455. The molecule has 1 saturated heterocycles. The summed E-state index contributed by atoms with van der Waals surface area (Å²) < 4.78 is 23.8. The molecule has 2 aliphatic rings. The molecular weight excluding hydrogens is 564 g/mol. The molecular formula is C33H40N4O7. The largest absolute Gasteiger partial charge is 0.493 e. The quantitative estimate of drug-likeness (QED) is 0.447. The fourth-order valence-electron chi connectivity index (χ4n) is 5.16. The van der Waals surface area contributed by atoms with E-state index in [0.717, 1.165) is 5.56 Å². The Morgan fingerprint density at radius 2 is 1.91 bits per heavy atom. The predicted octanol–water partition coefficient (Wildman–Crippen LogP) is 4.63. The van der Waals surface area contributed by atoms with E-state index < -0.39 is 6.10 Å². The lowest BCUT2D eigenvalue weighted by Crippen LogP contribution is -2.57. The Bertz CT molecular complexity index is 1500. The number of ether oxygens (including phenoxy) is 3. The topological polar surface area (TPSA) is 123 Å². The first-order chi connectivity index (χ1) is 21.0. The number of piperidine rings is 1. The van der Waals surface area contributed by atoms with Crippen molar-refractivity contribution in [3.63, 3.8) is 0 Å². The van der Waals surface area contributed by atoms with Gasteiger partial charge < -0.3 is 33.9 Å². The van der Waals surface area contributed by atoms with Crippen LogP contribution in [0.5, 0.6) is 17.2 Å². The van der Waals surface area contributed by atoms with E-state index in [4.69, 9.17) is 18.7 Å². The summed E-state index contributed by atoms with van der Waals surface area (Å²) in [6.45, 7) is 9.23. The first-order valence-corrected chi connectivity index (χ1v) is 15.0. The van der Waals surface area contributed by atoms with Gasteiger partial charge in [0.25, 0.3) is 11.8 Å². The van der Waals surface area contributed by atoms with Crippen molar-refractivity contribution in [1.82, 2.24) is 20.3 Å². The second-order valence-corrected chi connectivity index (χ2v) is 12.1. The van der Waals surface area contributed by atoms with E-state index in [-0.39, 0.29) is 55.1 Å². The van der Waals surface area contributed by atoms with Crippen LogP contribution in [0, 0.1) is 5.92 Å². The molecule has 1 N–H and O–H groups in total. The molecule has 234 valence electrons. The zero-order valence-electron chi connectivity index (χ0n) is 25.9. The summed E-state index contributed by atoms with van der Waals surface area (Å²) in [6.07, 6.45) is -0.0313. The van der Waals surface area contributed by atoms with Crippen LogP contribution >= 0.6 is 0 Å². The second-order valence-electron chi connectivity index (χ2n) is 12.1. The molecule has 11 heteroatoms. The van der Waals surface area contributed by atoms with E-state index in [0.29, 0.717) is 54.1 Å². The van der Waals surface area contributed by atoms with Crippen LogP contribution in [0.3, 0.4) is 0 Å². The third kappa shape index (κ3) is 7.57. The highest BCUT2D eigenvalue weighted by molar-refractivity contribution is 5.97. The van der Waals surface area contributed by atoms with Crippen LogP contribution in [-0.4, -0.2) is 78.1 Å². The van der Waals surface area contributed by atoms with Gasteiger partial charge in [-0.25, -0.2) is 0 Å². The minimum absolute atomic E-state index is 0.106. The van der Waals surface area contributed by atoms with Crippen LogP contribution in [0.15, 0.2) is 53.1 Å². The number of nitrogens with one attached hydrogen (secondary N) is 1. The van der Waals surface area contributed by atoms with Crippen LogP contribution in [0.2, 0.25) is 0 Å². The monoisotopic (exact) mass is 604 g/mol. The number of likely N-dealkylation sites (tertiary alicyclic amines) is 1. The molecule has 3 aromatic rings. The molecule has 0 saturated carbocycles. The normalized spacial score (nSPS) is 19.4. The van der Waals surface area contributed by atoms with Gasteiger partial charge in [-0.2, -0.15) is 0 Å².